The van der Waals surface area contributed by atoms with Crippen molar-refractivity contribution in [1.29, 1.82) is 0 Å². The van der Waals surface area contributed by atoms with Crippen molar-refractivity contribution < 1.29 is 23.7 Å². The summed E-state index contributed by atoms with van der Waals surface area (Å²) < 4.78 is 22.1. The molecular formula is C15H17BrO5. The van der Waals surface area contributed by atoms with E-state index >= 15 is 0 Å². The van der Waals surface area contributed by atoms with Crippen LogP contribution >= 0.6 is 15.9 Å². The van der Waals surface area contributed by atoms with Gasteiger partial charge in [-0.25, -0.2) is 4.79 Å². The Hall–Kier alpha value is -1.69. The van der Waals surface area contributed by atoms with Gasteiger partial charge in [0.15, 0.2) is 17.6 Å². The highest BCUT2D eigenvalue weighted by molar-refractivity contribution is 9.12. The number of carbonyl (C=O) groups is 1. The number of rotatable bonds is 5. The Morgan fingerprint density at radius 1 is 1.33 bits per heavy atom. The molecule has 1 aliphatic heterocycles. The predicted octanol–water partition coefficient (Wildman–Crippen LogP) is 3.03. The lowest BCUT2D eigenvalue weighted by Gasteiger charge is -2.26. The van der Waals surface area contributed by atoms with Gasteiger partial charge in [0.25, 0.3) is 0 Å². The topological polar surface area (TPSA) is 54.0 Å². The molecule has 1 aromatic rings. The van der Waals surface area contributed by atoms with E-state index in [1.165, 1.54) is 0 Å². The molecule has 1 heterocycles. The van der Waals surface area contributed by atoms with E-state index in [-0.39, 0.29) is 17.2 Å². The number of hydrogen-bond donors (Lipinski definition) is 0. The van der Waals surface area contributed by atoms with E-state index in [1.54, 1.807) is 13.8 Å². The lowest BCUT2D eigenvalue weighted by atomic mass is 10.3. The van der Waals surface area contributed by atoms with Gasteiger partial charge in [-0.05, 0) is 41.9 Å². The summed E-state index contributed by atoms with van der Waals surface area (Å²) in [4.78, 5) is 11.5. The maximum atomic E-state index is 11.5. The van der Waals surface area contributed by atoms with Gasteiger partial charge in [0.1, 0.15) is 23.5 Å². The van der Waals surface area contributed by atoms with E-state index in [2.05, 4.69) is 15.9 Å². The molecule has 0 bridgehead atoms. The minimum atomic E-state index is -0.443. The van der Waals surface area contributed by atoms with Crippen LogP contribution in [0.5, 0.6) is 11.5 Å². The first kappa shape index (κ1) is 15.7. The molecule has 1 atom stereocenters. The molecule has 0 fully saturated rings. The number of hydrogen-bond acceptors (Lipinski definition) is 5. The molecule has 6 heteroatoms. The maximum absolute atomic E-state index is 11.5. The minimum absolute atomic E-state index is 0.225. The monoisotopic (exact) mass is 356 g/mol. The summed E-state index contributed by atoms with van der Waals surface area (Å²) >= 11 is 3.17. The van der Waals surface area contributed by atoms with Crippen molar-refractivity contribution in [1.82, 2.24) is 0 Å². The van der Waals surface area contributed by atoms with Gasteiger partial charge in [0.05, 0.1) is 6.61 Å². The molecule has 1 aromatic carbocycles. The molecule has 114 valence electrons. The molecule has 1 unspecified atom stereocenters. The fraction of sp³-hybridized carbons (Fsp3) is 0.400. The second-order valence-corrected chi connectivity index (χ2v) is 5.19. The largest absolute Gasteiger partial charge is 0.493 e. The molecule has 0 saturated heterocycles. The Morgan fingerprint density at radius 3 is 2.76 bits per heavy atom. The van der Waals surface area contributed by atoms with Crippen molar-refractivity contribution >= 4 is 21.9 Å². The third-order valence-electron chi connectivity index (χ3n) is 2.82. The smallest absolute Gasteiger partial charge is 0.348 e. The standard InChI is InChI=1S/C15H17BrO5/c1-3-18-15(17)14(16)10(2)19-8-11-9-20-12-6-4-5-7-13(12)21-11/h4-7,11H,3,8-9H2,1-2H3. The van der Waals surface area contributed by atoms with Crippen LogP contribution in [0.25, 0.3) is 0 Å². The highest BCUT2D eigenvalue weighted by Crippen LogP contribution is 2.31. The number of ether oxygens (including phenoxy) is 4. The van der Waals surface area contributed by atoms with E-state index in [9.17, 15) is 4.79 Å². The molecule has 5 nitrogen and oxygen atoms in total. The van der Waals surface area contributed by atoms with Crippen LogP contribution in [-0.4, -0.2) is 31.9 Å². The Labute approximate surface area is 132 Å². The SMILES string of the molecule is CCOC(=O)C(Br)=C(C)OCC1COc2ccccc2O1. The number of benzene rings is 1. The van der Waals surface area contributed by atoms with Crippen LogP contribution in [0, 0.1) is 0 Å². The van der Waals surface area contributed by atoms with E-state index in [0.29, 0.717) is 24.7 Å². The van der Waals surface area contributed by atoms with Crippen LogP contribution in [0.4, 0.5) is 0 Å². The van der Waals surface area contributed by atoms with E-state index < -0.39 is 5.97 Å². The second kappa shape index (κ2) is 7.36. The summed E-state index contributed by atoms with van der Waals surface area (Å²) in [5.74, 6) is 1.44. The van der Waals surface area contributed by atoms with Crippen molar-refractivity contribution in [3.63, 3.8) is 0 Å². The molecule has 0 aromatic heterocycles. The molecule has 0 amide bonds. The van der Waals surface area contributed by atoms with Gasteiger partial charge in [-0.15, -0.1) is 0 Å². The number of fused-ring (bicyclic) bond motifs is 1. The van der Waals surface area contributed by atoms with Crippen molar-refractivity contribution in [2.45, 2.75) is 20.0 Å². The molecule has 21 heavy (non-hydrogen) atoms. The molecule has 1 aliphatic rings. The van der Waals surface area contributed by atoms with E-state index in [1.807, 2.05) is 24.3 Å². The van der Waals surface area contributed by atoms with Crippen LogP contribution in [-0.2, 0) is 14.3 Å². The Kier molecular flexibility index (Phi) is 5.50. The first-order chi connectivity index (χ1) is 10.1. The molecule has 0 spiro atoms. The summed E-state index contributed by atoms with van der Waals surface area (Å²) in [5.41, 5.74) is 0. The average Bonchev–Trinajstić information content (AvgIpc) is 2.51. The third kappa shape index (κ3) is 4.14. The summed E-state index contributed by atoms with van der Waals surface area (Å²) in [5, 5.41) is 0. The molecule has 0 N–H and O–H groups in total. The zero-order valence-corrected chi connectivity index (χ0v) is 13.5. The number of esters is 1. The van der Waals surface area contributed by atoms with E-state index in [0.717, 1.165) is 5.75 Å². The highest BCUT2D eigenvalue weighted by Gasteiger charge is 2.22. The van der Waals surface area contributed by atoms with Gasteiger partial charge < -0.3 is 18.9 Å². The van der Waals surface area contributed by atoms with Crippen LogP contribution in [0.15, 0.2) is 34.5 Å². The van der Waals surface area contributed by atoms with Gasteiger partial charge in [-0.2, -0.15) is 0 Å². The Balaban J connectivity index is 1.90. The van der Waals surface area contributed by atoms with Crippen LogP contribution < -0.4 is 9.47 Å². The van der Waals surface area contributed by atoms with Gasteiger partial charge in [0.2, 0.25) is 0 Å². The Morgan fingerprint density at radius 2 is 2.05 bits per heavy atom. The summed E-state index contributed by atoms with van der Waals surface area (Å²) in [6, 6.07) is 7.48. The second-order valence-electron chi connectivity index (χ2n) is 4.40. The molecular weight excluding hydrogens is 340 g/mol. The highest BCUT2D eigenvalue weighted by atomic mass is 79.9. The fourth-order valence-electron chi connectivity index (χ4n) is 1.76. The van der Waals surface area contributed by atoms with Gasteiger partial charge in [-0.1, -0.05) is 12.1 Å². The molecule has 0 aliphatic carbocycles. The lowest BCUT2D eigenvalue weighted by molar-refractivity contribution is -0.137. The quantitative estimate of drug-likeness (QED) is 0.461. The number of carbonyl (C=O) groups excluding carboxylic acids is 1. The fourth-order valence-corrected chi connectivity index (χ4v) is 1.99. The number of halogens is 1. The zero-order valence-electron chi connectivity index (χ0n) is 11.9. The van der Waals surface area contributed by atoms with Crippen molar-refractivity contribution in [2.75, 3.05) is 19.8 Å². The lowest BCUT2D eigenvalue weighted by Crippen LogP contribution is -2.33. The van der Waals surface area contributed by atoms with Crippen molar-refractivity contribution in [3.05, 3.63) is 34.5 Å². The van der Waals surface area contributed by atoms with Crippen molar-refractivity contribution in [3.8, 4) is 11.5 Å². The minimum Gasteiger partial charge on any atom is -0.493 e. The number of para-hydroxylation sites is 2. The summed E-state index contributed by atoms with van der Waals surface area (Å²) in [6.45, 7) is 4.45. The maximum Gasteiger partial charge on any atom is 0.348 e. The first-order valence-corrected chi connectivity index (χ1v) is 7.46. The van der Waals surface area contributed by atoms with Crippen LogP contribution in [0.3, 0.4) is 0 Å². The first-order valence-electron chi connectivity index (χ1n) is 6.66. The molecule has 2 rings (SSSR count). The summed E-state index contributed by atoms with van der Waals surface area (Å²) in [6.07, 6.45) is -0.225. The van der Waals surface area contributed by atoms with Crippen molar-refractivity contribution in [2.24, 2.45) is 0 Å². The molecule has 0 radical (unpaired) electrons. The van der Waals surface area contributed by atoms with Gasteiger partial charge in [0, 0.05) is 0 Å². The van der Waals surface area contributed by atoms with Gasteiger partial charge >= 0.3 is 5.97 Å². The van der Waals surface area contributed by atoms with Gasteiger partial charge in [-0.3, -0.25) is 0 Å². The normalized spacial score (nSPS) is 17.8. The summed E-state index contributed by atoms with van der Waals surface area (Å²) in [7, 11) is 0. The average molecular weight is 357 g/mol. The Bertz CT molecular complexity index is 541. The van der Waals surface area contributed by atoms with Crippen LogP contribution in [0.2, 0.25) is 0 Å². The van der Waals surface area contributed by atoms with Crippen LogP contribution in [0.1, 0.15) is 13.8 Å². The third-order valence-corrected chi connectivity index (χ3v) is 3.70. The number of allylic oxidation sites excluding steroid dienone is 1. The predicted molar refractivity (Wildman–Crippen MR) is 80.6 cm³/mol. The molecule has 0 saturated carbocycles. The van der Waals surface area contributed by atoms with E-state index in [4.69, 9.17) is 18.9 Å². The zero-order chi connectivity index (χ0) is 15.2.